The Morgan fingerprint density at radius 1 is 1.05 bits per heavy atom. The second-order valence-corrected chi connectivity index (χ2v) is 5.18. The second kappa shape index (κ2) is 5.21. The van der Waals surface area contributed by atoms with Crippen LogP contribution < -0.4 is 0 Å². The number of hydrogen-bond acceptors (Lipinski definition) is 1. The lowest BCUT2D eigenvalue weighted by molar-refractivity contribution is 0.103. The predicted octanol–water partition coefficient (Wildman–Crippen LogP) is 4.58. The van der Waals surface area contributed by atoms with Crippen molar-refractivity contribution in [2.75, 3.05) is 0 Å². The maximum atomic E-state index is 13.8. The first-order valence-electron chi connectivity index (χ1n) is 5.67. The van der Waals surface area contributed by atoms with Gasteiger partial charge in [-0.05, 0) is 53.0 Å². The van der Waals surface area contributed by atoms with Gasteiger partial charge in [-0.2, -0.15) is 0 Å². The van der Waals surface area contributed by atoms with Crippen LogP contribution >= 0.6 is 15.9 Å². The van der Waals surface area contributed by atoms with Crippen molar-refractivity contribution < 1.29 is 13.6 Å². The molecule has 0 spiro atoms. The topological polar surface area (TPSA) is 17.1 Å². The van der Waals surface area contributed by atoms with Gasteiger partial charge in [0, 0.05) is 5.56 Å². The van der Waals surface area contributed by atoms with Crippen molar-refractivity contribution in [3.05, 3.63) is 68.7 Å². The molecule has 0 aliphatic carbocycles. The number of carbonyl (C=O) groups is 1. The molecule has 2 rings (SSSR count). The van der Waals surface area contributed by atoms with Crippen LogP contribution in [0.3, 0.4) is 0 Å². The number of aryl methyl sites for hydroxylation is 1. The fraction of sp³-hybridized carbons (Fsp3) is 0.133. The summed E-state index contributed by atoms with van der Waals surface area (Å²) < 4.78 is 27.2. The molecule has 1 nitrogen and oxygen atoms in total. The van der Waals surface area contributed by atoms with Crippen LogP contribution in [0.15, 0.2) is 34.8 Å². The van der Waals surface area contributed by atoms with Crippen molar-refractivity contribution in [1.82, 2.24) is 0 Å². The predicted molar refractivity (Wildman–Crippen MR) is 73.4 cm³/mol. The van der Waals surface area contributed by atoms with E-state index >= 15 is 0 Å². The largest absolute Gasteiger partial charge is 0.288 e. The quantitative estimate of drug-likeness (QED) is 0.584. The molecular weight excluding hydrogens is 314 g/mol. The molecule has 0 aliphatic rings. The van der Waals surface area contributed by atoms with E-state index in [4.69, 9.17) is 0 Å². The highest BCUT2D eigenvalue weighted by atomic mass is 79.9. The highest BCUT2D eigenvalue weighted by Gasteiger charge is 2.18. The Morgan fingerprint density at radius 2 is 1.74 bits per heavy atom. The van der Waals surface area contributed by atoms with Gasteiger partial charge in [0.15, 0.2) is 5.78 Å². The molecule has 0 aromatic heterocycles. The Balaban J connectivity index is 2.56. The van der Waals surface area contributed by atoms with Crippen molar-refractivity contribution in [3.63, 3.8) is 0 Å². The minimum atomic E-state index is -0.737. The van der Waals surface area contributed by atoms with Crippen molar-refractivity contribution in [1.29, 1.82) is 0 Å². The van der Waals surface area contributed by atoms with Gasteiger partial charge in [-0.1, -0.05) is 18.2 Å². The van der Waals surface area contributed by atoms with Crippen LogP contribution in [0.25, 0.3) is 0 Å². The number of carbonyl (C=O) groups excluding carboxylic acids is 1. The zero-order valence-corrected chi connectivity index (χ0v) is 12.0. The first-order valence-corrected chi connectivity index (χ1v) is 6.46. The van der Waals surface area contributed by atoms with E-state index in [-0.39, 0.29) is 10.0 Å². The van der Waals surface area contributed by atoms with Crippen LogP contribution in [0.5, 0.6) is 0 Å². The molecule has 0 N–H and O–H groups in total. The Morgan fingerprint density at radius 3 is 2.42 bits per heavy atom. The normalized spacial score (nSPS) is 10.6. The van der Waals surface area contributed by atoms with Crippen LogP contribution in [0, 0.1) is 25.5 Å². The smallest absolute Gasteiger partial charge is 0.196 e. The number of hydrogen-bond donors (Lipinski definition) is 0. The third kappa shape index (κ3) is 2.59. The Bertz CT molecular complexity index is 665. The highest BCUT2D eigenvalue weighted by molar-refractivity contribution is 9.10. The Labute approximate surface area is 118 Å². The summed E-state index contributed by atoms with van der Waals surface area (Å²) in [7, 11) is 0. The lowest BCUT2D eigenvalue weighted by Gasteiger charge is -2.09. The number of benzene rings is 2. The Hall–Kier alpha value is -1.55. The van der Waals surface area contributed by atoms with Crippen LogP contribution in [-0.2, 0) is 0 Å². The molecule has 0 amide bonds. The van der Waals surface area contributed by atoms with Gasteiger partial charge in [0.05, 0.1) is 10.0 Å². The van der Waals surface area contributed by atoms with Crippen molar-refractivity contribution in [2.45, 2.75) is 13.8 Å². The summed E-state index contributed by atoms with van der Waals surface area (Å²) in [5, 5.41) is 0. The molecule has 0 fully saturated rings. The molecule has 2 aromatic carbocycles. The maximum absolute atomic E-state index is 13.8. The molecule has 0 unspecified atom stereocenters. The van der Waals surface area contributed by atoms with E-state index in [1.54, 1.807) is 19.1 Å². The van der Waals surface area contributed by atoms with Crippen LogP contribution in [0.1, 0.15) is 27.0 Å². The summed E-state index contributed by atoms with van der Waals surface area (Å²) in [6.07, 6.45) is 0. The van der Waals surface area contributed by atoms with Gasteiger partial charge in [-0.3, -0.25) is 4.79 Å². The third-order valence-corrected chi connectivity index (χ3v) is 3.71. The fourth-order valence-corrected chi connectivity index (χ4v) is 2.15. The molecule has 0 saturated heterocycles. The molecule has 0 radical (unpaired) electrons. The Kier molecular flexibility index (Phi) is 3.80. The molecule has 4 heteroatoms. The van der Waals surface area contributed by atoms with Gasteiger partial charge in [0.25, 0.3) is 0 Å². The molecule has 98 valence electrons. The molecule has 0 heterocycles. The monoisotopic (exact) mass is 324 g/mol. The first kappa shape index (κ1) is 13.9. The summed E-state index contributed by atoms with van der Waals surface area (Å²) in [6, 6.07) is 7.09. The second-order valence-electron chi connectivity index (χ2n) is 4.32. The molecule has 2 aromatic rings. The van der Waals surface area contributed by atoms with Crippen molar-refractivity contribution in [2.24, 2.45) is 0 Å². The van der Waals surface area contributed by atoms with Gasteiger partial charge in [-0.25, -0.2) is 8.78 Å². The average molecular weight is 325 g/mol. The van der Waals surface area contributed by atoms with E-state index in [1.165, 1.54) is 0 Å². The number of rotatable bonds is 2. The summed E-state index contributed by atoms with van der Waals surface area (Å²) in [5.74, 6) is -1.90. The molecular formula is C15H11BrF2O. The minimum absolute atomic E-state index is 0.00233. The van der Waals surface area contributed by atoms with Gasteiger partial charge in [0.2, 0.25) is 0 Å². The number of ketones is 1. The van der Waals surface area contributed by atoms with E-state index < -0.39 is 17.4 Å². The van der Waals surface area contributed by atoms with Crippen LogP contribution in [-0.4, -0.2) is 5.78 Å². The van der Waals surface area contributed by atoms with Crippen LogP contribution in [0.4, 0.5) is 8.78 Å². The summed E-state index contributed by atoms with van der Waals surface area (Å²) >= 11 is 2.89. The van der Waals surface area contributed by atoms with Crippen LogP contribution in [0.2, 0.25) is 0 Å². The maximum Gasteiger partial charge on any atom is 0.196 e. The molecule has 19 heavy (non-hydrogen) atoms. The van der Waals surface area contributed by atoms with E-state index in [1.807, 2.05) is 13.0 Å². The lowest BCUT2D eigenvalue weighted by atomic mass is 9.96. The minimum Gasteiger partial charge on any atom is -0.288 e. The van der Waals surface area contributed by atoms with Crippen molar-refractivity contribution >= 4 is 21.7 Å². The number of halogens is 3. The SMILES string of the molecule is Cc1cccc(C(=O)c2cc(F)c(Br)cc2F)c1C. The summed E-state index contributed by atoms with van der Waals surface area (Å²) in [5.41, 5.74) is 1.84. The molecule has 0 bridgehead atoms. The summed E-state index contributed by atoms with van der Waals surface area (Å²) in [4.78, 5) is 12.3. The van der Waals surface area contributed by atoms with E-state index in [0.717, 1.165) is 23.3 Å². The van der Waals surface area contributed by atoms with Gasteiger partial charge in [0.1, 0.15) is 11.6 Å². The van der Waals surface area contributed by atoms with Gasteiger partial charge in [-0.15, -0.1) is 0 Å². The average Bonchev–Trinajstić information content (AvgIpc) is 2.36. The molecule has 0 atom stereocenters. The first-order chi connectivity index (χ1) is 8.91. The summed E-state index contributed by atoms with van der Waals surface area (Å²) in [6.45, 7) is 3.65. The zero-order valence-electron chi connectivity index (χ0n) is 10.4. The molecule has 0 aliphatic heterocycles. The van der Waals surface area contributed by atoms with Crippen molar-refractivity contribution in [3.8, 4) is 0 Å². The fourth-order valence-electron chi connectivity index (χ4n) is 1.84. The van der Waals surface area contributed by atoms with E-state index in [9.17, 15) is 13.6 Å². The van der Waals surface area contributed by atoms with Gasteiger partial charge >= 0.3 is 0 Å². The van der Waals surface area contributed by atoms with Gasteiger partial charge < -0.3 is 0 Å². The lowest BCUT2D eigenvalue weighted by Crippen LogP contribution is -2.08. The van der Waals surface area contributed by atoms with E-state index in [0.29, 0.717) is 5.56 Å². The zero-order chi connectivity index (χ0) is 14.2. The highest BCUT2D eigenvalue weighted by Crippen LogP contribution is 2.23. The third-order valence-electron chi connectivity index (χ3n) is 3.10. The standard InChI is InChI=1S/C15H11BrF2O/c1-8-4-3-5-10(9(8)2)15(19)11-6-14(18)12(16)7-13(11)17/h3-7H,1-2H3. The van der Waals surface area contributed by atoms with E-state index in [2.05, 4.69) is 15.9 Å². The molecule has 0 saturated carbocycles.